The van der Waals surface area contributed by atoms with E-state index in [0.717, 1.165) is 37.3 Å². The second-order valence-corrected chi connectivity index (χ2v) is 8.30. The van der Waals surface area contributed by atoms with Crippen LogP contribution in [-0.2, 0) is 10.0 Å². The van der Waals surface area contributed by atoms with Gasteiger partial charge in [-0.25, -0.2) is 22.2 Å². The molecule has 1 unspecified atom stereocenters. The second-order valence-electron chi connectivity index (χ2n) is 6.58. The van der Waals surface area contributed by atoms with Gasteiger partial charge >= 0.3 is 0 Å². The van der Waals surface area contributed by atoms with Crippen LogP contribution in [0.1, 0.15) is 31.2 Å². The van der Waals surface area contributed by atoms with Crippen LogP contribution in [0.2, 0.25) is 0 Å². The predicted octanol–water partition coefficient (Wildman–Crippen LogP) is 2.54. The average Bonchev–Trinajstić information content (AvgIpc) is 3.24. The zero-order valence-corrected chi connectivity index (χ0v) is 16.2. The zero-order chi connectivity index (χ0) is 18.0. The van der Waals surface area contributed by atoms with Crippen molar-refractivity contribution in [2.24, 2.45) is 11.7 Å². The van der Waals surface area contributed by atoms with Gasteiger partial charge in [0, 0.05) is 18.8 Å². The van der Waals surface area contributed by atoms with Gasteiger partial charge in [-0.05, 0) is 49.4 Å². The fourth-order valence-electron chi connectivity index (χ4n) is 3.35. The van der Waals surface area contributed by atoms with Crippen molar-refractivity contribution in [1.82, 2.24) is 14.5 Å². The van der Waals surface area contributed by atoms with Crippen molar-refractivity contribution in [3.63, 3.8) is 0 Å². The maximum absolute atomic E-state index is 14.4. The fourth-order valence-corrected chi connectivity index (χ4v) is 4.68. The molecule has 1 aliphatic carbocycles. The van der Waals surface area contributed by atoms with Crippen LogP contribution in [0.3, 0.4) is 0 Å². The van der Waals surface area contributed by atoms with E-state index in [1.807, 2.05) is 6.92 Å². The fraction of sp³-hybridized carbons (Fsp3) is 0.471. The average molecular weight is 403 g/mol. The maximum atomic E-state index is 14.4. The van der Waals surface area contributed by atoms with Gasteiger partial charge < -0.3 is 5.73 Å². The lowest BCUT2D eigenvalue weighted by atomic mass is 9.99. The van der Waals surface area contributed by atoms with Gasteiger partial charge in [-0.1, -0.05) is 12.8 Å². The molecule has 3 rings (SSSR count). The lowest BCUT2D eigenvalue weighted by molar-refractivity contribution is 0.405. The topological polar surface area (TPSA) is 90.0 Å². The van der Waals surface area contributed by atoms with Crippen LogP contribution in [0, 0.1) is 18.7 Å². The van der Waals surface area contributed by atoms with Crippen molar-refractivity contribution in [3.05, 3.63) is 42.0 Å². The smallest absolute Gasteiger partial charge is 0.240 e. The summed E-state index contributed by atoms with van der Waals surface area (Å²) in [5.41, 5.74) is 6.85. The molecule has 0 aliphatic heterocycles. The molecule has 0 radical (unpaired) electrons. The molecule has 26 heavy (non-hydrogen) atoms. The molecule has 0 saturated heterocycles. The number of halogens is 2. The SMILES string of the molecule is Cc1cnn(-c2ccc(S(=O)(=O)NC(CN)C3CCCC3)cc2F)c1.Cl. The molecule has 1 aliphatic rings. The highest BCUT2D eigenvalue weighted by atomic mass is 35.5. The molecule has 1 saturated carbocycles. The first-order valence-corrected chi connectivity index (χ1v) is 9.92. The molecule has 2 aromatic rings. The number of nitrogens with two attached hydrogens (primary N) is 1. The highest BCUT2D eigenvalue weighted by molar-refractivity contribution is 7.89. The lowest BCUT2D eigenvalue weighted by Gasteiger charge is -2.23. The van der Waals surface area contributed by atoms with Crippen LogP contribution in [0.15, 0.2) is 35.5 Å². The summed E-state index contributed by atoms with van der Waals surface area (Å²) in [5, 5.41) is 4.05. The minimum absolute atomic E-state index is 0. The Morgan fingerprint density at radius 2 is 2.08 bits per heavy atom. The predicted molar refractivity (Wildman–Crippen MR) is 101 cm³/mol. The Hall–Kier alpha value is -1.48. The number of nitrogens with one attached hydrogen (secondary N) is 1. The summed E-state index contributed by atoms with van der Waals surface area (Å²) in [6.45, 7) is 2.08. The van der Waals surface area contributed by atoms with Gasteiger partial charge in [-0.3, -0.25) is 0 Å². The molecule has 3 N–H and O–H groups in total. The summed E-state index contributed by atoms with van der Waals surface area (Å²) in [4.78, 5) is -0.103. The highest BCUT2D eigenvalue weighted by Gasteiger charge is 2.28. The number of hydrogen-bond acceptors (Lipinski definition) is 4. The molecule has 1 aromatic carbocycles. The number of aromatic nitrogens is 2. The summed E-state index contributed by atoms with van der Waals surface area (Å²) >= 11 is 0. The van der Waals surface area contributed by atoms with E-state index in [0.29, 0.717) is 0 Å². The van der Waals surface area contributed by atoms with E-state index in [9.17, 15) is 12.8 Å². The summed E-state index contributed by atoms with van der Waals surface area (Å²) in [6.07, 6.45) is 7.41. The minimum atomic E-state index is -3.82. The second kappa shape index (κ2) is 8.47. The summed E-state index contributed by atoms with van der Waals surface area (Å²) in [7, 11) is -3.82. The van der Waals surface area contributed by atoms with Gasteiger partial charge in [0.2, 0.25) is 10.0 Å². The van der Waals surface area contributed by atoms with Crippen LogP contribution in [-0.4, -0.2) is 30.8 Å². The Labute approximate surface area is 159 Å². The Kier molecular flexibility index (Phi) is 6.79. The molecule has 1 heterocycles. The molecule has 0 amide bonds. The summed E-state index contributed by atoms with van der Waals surface area (Å²) in [6, 6.07) is 3.52. The van der Waals surface area contributed by atoms with Crippen molar-refractivity contribution >= 4 is 22.4 Å². The van der Waals surface area contributed by atoms with Crippen molar-refractivity contribution in [2.75, 3.05) is 6.54 Å². The first kappa shape index (κ1) is 20.8. The zero-order valence-electron chi connectivity index (χ0n) is 14.6. The van der Waals surface area contributed by atoms with E-state index in [2.05, 4.69) is 9.82 Å². The number of nitrogens with zero attached hydrogens (tertiary/aromatic N) is 2. The van der Waals surface area contributed by atoms with Crippen LogP contribution in [0.5, 0.6) is 0 Å². The Balaban J connectivity index is 0.00000243. The first-order valence-electron chi connectivity index (χ1n) is 8.44. The molecule has 1 fully saturated rings. The number of sulfonamides is 1. The first-order chi connectivity index (χ1) is 11.9. The molecule has 6 nitrogen and oxygen atoms in total. The van der Waals surface area contributed by atoms with Crippen LogP contribution in [0.25, 0.3) is 5.69 Å². The summed E-state index contributed by atoms with van der Waals surface area (Å²) in [5.74, 6) is -0.396. The van der Waals surface area contributed by atoms with Crippen LogP contribution < -0.4 is 10.5 Å². The van der Waals surface area contributed by atoms with Crippen molar-refractivity contribution in [1.29, 1.82) is 0 Å². The largest absolute Gasteiger partial charge is 0.329 e. The molecule has 1 aromatic heterocycles. The van der Waals surface area contributed by atoms with Gasteiger partial charge in [0.1, 0.15) is 11.5 Å². The molecular formula is C17H24ClFN4O2S. The molecule has 144 valence electrons. The van der Waals surface area contributed by atoms with Crippen LogP contribution in [0.4, 0.5) is 4.39 Å². The molecule has 0 spiro atoms. The monoisotopic (exact) mass is 402 g/mol. The number of benzene rings is 1. The standard InChI is InChI=1S/C17H23FN4O2S.ClH/c1-12-10-20-22(11-12)17-7-6-14(8-15(17)18)25(23,24)21-16(9-19)13-4-2-3-5-13;/h6-8,10-11,13,16,21H,2-5,9,19H2,1H3;1H. The van der Waals surface area contributed by atoms with Gasteiger partial charge in [-0.15, -0.1) is 12.4 Å². The van der Waals surface area contributed by atoms with E-state index < -0.39 is 15.8 Å². The molecule has 0 bridgehead atoms. The van der Waals surface area contributed by atoms with Gasteiger partial charge in [0.05, 0.1) is 11.1 Å². The van der Waals surface area contributed by atoms with Crippen LogP contribution >= 0.6 is 12.4 Å². The third-order valence-corrected chi connectivity index (χ3v) is 6.20. The molecule has 1 atom stereocenters. The minimum Gasteiger partial charge on any atom is -0.329 e. The quantitative estimate of drug-likeness (QED) is 0.776. The Morgan fingerprint density at radius 3 is 2.62 bits per heavy atom. The van der Waals surface area contributed by atoms with Crippen molar-refractivity contribution in [2.45, 2.75) is 43.5 Å². The molecule has 9 heteroatoms. The van der Waals surface area contributed by atoms with Crippen molar-refractivity contribution < 1.29 is 12.8 Å². The maximum Gasteiger partial charge on any atom is 0.240 e. The Morgan fingerprint density at radius 1 is 1.38 bits per heavy atom. The van der Waals surface area contributed by atoms with Gasteiger partial charge in [0.25, 0.3) is 0 Å². The van der Waals surface area contributed by atoms with Crippen molar-refractivity contribution in [3.8, 4) is 5.69 Å². The normalized spacial score (nSPS) is 16.4. The number of rotatable bonds is 6. The third kappa shape index (κ3) is 4.43. The van der Waals surface area contributed by atoms with E-state index in [1.54, 1.807) is 12.4 Å². The van der Waals surface area contributed by atoms with E-state index in [1.165, 1.54) is 16.8 Å². The van der Waals surface area contributed by atoms with E-state index >= 15 is 0 Å². The lowest BCUT2D eigenvalue weighted by Crippen LogP contribution is -2.44. The highest BCUT2D eigenvalue weighted by Crippen LogP contribution is 2.28. The molecular weight excluding hydrogens is 379 g/mol. The number of aryl methyl sites for hydroxylation is 1. The van der Waals surface area contributed by atoms with E-state index in [-0.39, 0.29) is 41.5 Å². The Bertz CT molecular complexity index is 850. The van der Waals surface area contributed by atoms with E-state index in [4.69, 9.17) is 5.73 Å². The van der Waals surface area contributed by atoms with Gasteiger partial charge in [-0.2, -0.15) is 5.10 Å². The number of hydrogen-bond donors (Lipinski definition) is 2. The summed E-state index contributed by atoms with van der Waals surface area (Å²) < 4.78 is 43.7. The van der Waals surface area contributed by atoms with Gasteiger partial charge in [0.15, 0.2) is 0 Å². The third-order valence-electron chi connectivity index (χ3n) is 4.72.